The highest BCUT2D eigenvalue weighted by Crippen LogP contribution is 2.30. The summed E-state index contributed by atoms with van der Waals surface area (Å²) in [5.41, 5.74) is 8.91. The first-order valence-corrected chi connectivity index (χ1v) is 7.81. The lowest BCUT2D eigenvalue weighted by atomic mass is 10.00. The molecule has 1 atom stereocenters. The fourth-order valence-electron chi connectivity index (χ4n) is 3.18. The Labute approximate surface area is 118 Å². The molecule has 2 rings (SSSR count). The molecule has 1 saturated carbocycles. The second-order valence-electron chi connectivity index (χ2n) is 5.83. The third kappa shape index (κ3) is 3.50. The Morgan fingerprint density at radius 1 is 1.16 bits per heavy atom. The van der Waals surface area contributed by atoms with Crippen molar-refractivity contribution in [2.45, 2.75) is 64.0 Å². The SMILES string of the molecule is CC[C@H](N)c1ccccc1N(C)C1CCCCCC1. The van der Waals surface area contributed by atoms with Crippen LogP contribution in [0.3, 0.4) is 0 Å². The van der Waals surface area contributed by atoms with E-state index >= 15 is 0 Å². The molecule has 0 spiro atoms. The number of hydrogen-bond donors (Lipinski definition) is 1. The van der Waals surface area contributed by atoms with Crippen molar-refractivity contribution < 1.29 is 0 Å². The van der Waals surface area contributed by atoms with Crippen LogP contribution >= 0.6 is 0 Å². The van der Waals surface area contributed by atoms with Crippen LogP contribution in [-0.2, 0) is 0 Å². The highest BCUT2D eigenvalue weighted by atomic mass is 15.1. The van der Waals surface area contributed by atoms with Crippen LogP contribution in [0.2, 0.25) is 0 Å². The van der Waals surface area contributed by atoms with E-state index in [1.54, 1.807) is 0 Å². The number of benzene rings is 1. The second kappa shape index (κ2) is 6.95. The van der Waals surface area contributed by atoms with E-state index in [2.05, 4.69) is 43.1 Å². The van der Waals surface area contributed by atoms with E-state index in [0.717, 1.165) is 6.42 Å². The van der Waals surface area contributed by atoms with E-state index in [9.17, 15) is 0 Å². The van der Waals surface area contributed by atoms with Gasteiger partial charge in [0.2, 0.25) is 0 Å². The second-order valence-corrected chi connectivity index (χ2v) is 5.83. The predicted molar refractivity (Wildman–Crippen MR) is 83.6 cm³/mol. The topological polar surface area (TPSA) is 29.3 Å². The summed E-state index contributed by atoms with van der Waals surface area (Å²) in [5, 5.41) is 0. The molecule has 19 heavy (non-hydrogen) atoms. The first-order chi connectivity index (χ1) is 9.24. The molecule has 1 aromatic rings. The molecule has 0 aromatic heterocycles. The summed E-state index contributed by atoms with van der Waals surface area (Å²) in [4.78, 5) is 2.48. The average molecular weight is 260 g/mol. The fourth-order valence-corrected chi connectivity index (χ4v) is 3.18. The highest BCUT2D eigenvalue weighted by molar-refractivity contribution is 5.55. The third-order valence-corrected chi connectivity index (χ3v) is 4.53. The van der Waals surface area contributed by atoms with E-state index < -0.39 is 0 Å². The summed E-state index contributed by atoms with van der Waals surface area (Å²) >= 11 is 0. The van der Waals surface area contributed by atoms with Crippen LogP contribution in [0.15, 0.2) is 24.3 Å². The molecule has 2 nitrogen and oxygen atoms in total. The van der Waals surface area contributed by atoms with E-state index in [-0.39, 0.29) is 6.04 Å². The molecule has 1 aliphatic carbocycles. The van der Waals surface area contributed by atoms with Crippen molar-refractivity contribution in [3.63, 3.8) is 0 Å². The minimum atomic E-state index is 0.157. The van der Waals surface area contributed by atoms with Gasteiger partial charge in [0.25, 0.3) is 0 Å². The number of para-hydroxylation sites is 1. The van der Waals surface area contributed by atoms with Gasteiger partial charge < -0.3 is 10.6 Å². The number of rotatable bonds is 4. The Bertz CT molecular complexity index is 381. The average Bonchev–Trinajstić information content (AvgIpc) is 2.74. The van der Waals surface area contributed by atoms with Gasteiger partial charge in [-0.2, -0.15) is 0 Å². The van der Waals surface area contributed by atoms with Gasteiger partial charge in [-0.15, -0.1) is 0 Å². The molecule has 0 bridgehead atoms. The summed E-state index contributed by atoms with van der Waals surface area (Å²) in [6, 6.07) is 9.51. The lowest BCUT2D eigenvalue weighted by Crippen LogP contribution is -2.32. The molecule has 1 fully saturated rings. The molecule has 1 aromatic carbocycles. The number of nitrogens with two attached hydrogens (primary N) is 1. The number of nitrogens with zero attached hydrogens (tertiary/aromatic N) is 1. The van der Waals surface area contributed by atoms with Crippen molar-refractivity contribution in [1.82, 2.24) is 0 Å². The largest absolute Gasteiger partial charge is 0.371 e. The van der Waals surface area contributed by atoms with Gasteiger partial charge in [-0.05, 0) is 30.9 Å². The van der Waals surface area contributed by atoms with Crippen molar-refractivity contribution >= 4 is 5.69 Å². The molecular weight excluding hydrogens is 232 g/mol. The molecular formula is C17H28N2. The molecule has 1 aliphatic rings. The summed E-state index contributed by atoms with van der Waals surface area (Å²) in [7, 11) is 2.25. The smallest absolute Gasteiger partial charge is 0.0414 e. The number of hydrogen-bond acceptors (Lipinski definition) is 2. The van der Waals surface area contributed by atoms with Gasteiger partial charge in [-0.25, -0.2) is 0 Å². The summed E-state index contributed by atoms with van der Waals surface area (Å²) < 4.78 is 0. The molecule has 0 radical (unpaired) electrons. The van der Waals surface area contributed by atoms with Crippen molar-refractivity contribution in [3.8, 4) is 0 Å². The highest BCUT2D eigenvalue weighted by Gasteiger charge is 2.20. The zero-order valence-electron chi connectivity index (χ0n) is 12.4. The van der Waals surface area contributed by atoms with Gasteiger partial charge in [-0.3, -0.25) is 0 Å². The van der Waals surface area contributed by atoms with Crippen LogP contribution in [0.25, 0.3) is 0 Å². The Balaban J connectivity index is 2.19. The Kier molecular flexibility index (Phi) is 5.26. The summed E-state index contributed by atoms with van der Waals surface area (Å²) in [6.07, 6.45) is 9.20. The van der Waals surface area contributed by atoms with E-state index in [4.69, 9.17) is 5.73 Å². The first-order valence-electron chi connectivity index (χ1n) is 7.81. The number of anilines is 1. The normalized spacial score (nSPS) is 18.9. The molecule has 106 valence electrons. The van der Waals surface area contributed by atoms with Crippen LogP contribution in [0.5, 0.6) is 0 Å². The maximum Gasteiger partial charge on any atom is 0.0414 e. The van der Waals surface area contributed by atoms with Crippen LogP contribution in [0, 0.1) is 0 Å². The lowest BCUT2D eigenvalue weighted by Gasteiger charge is -2.32. The maximum absolute atomic E-state index is 6.27. The third-order valence-electron chi connectivity index (χ3n) is 4.53. The summed E-state index contributed by atoms with van der Waals surface area (Å²) in [5.74, 6) is 0. The van der Waals surface area contributed by atoms with Gasteiger partial charge in [0.05, 0.1) is 0 Å². The maximum atomic E-state index is 6.27. The quantitative estimate of drug-likeness (QED) is 0.820. The van der Waals surface area contributed by atoms with E-state index in [1.165, 1.54) is 49.8 Å². The van der Waals surface area contributed by atoms with Gasteiger partial charge in [0.15, 0.2) is 0 Å². The molecule has 0 unspecified atom stereocenters. The summed E-state index contributed by atoms with van der Waals surface area (Å²) in [6.45, 7) is 2.16. The van der Waals surface area contributed by atoms with Crippen molar-refractivity contribution in [2.24, 2.45) is 5.73 Å². The standard InChI is InChI=1S/C17H28N2/c1-3-16(18)15-12-8-9-13-17(15)19(2)14-10-6-4-5-7-11-14/h8-9,12-14,16H,3-7,10-11,18H2,1-2H3/t16-/m0/s1. The molecule has 0 heterocycles. The van der Waals surface area contributed by atoms with E-state index in [0.29, 0.717) is 6.04 Å². The monoisotopic (exact) mass is 260 g/mol. The molecule has 2 heteroatoms. The Hall–Kier alpha value is -1.02. The first kappa shape index (κ1) is 14.4. The fraction of sp³-hybridized carbons (Fsp3) is 0.647. The van der Waals surface area contributed by atoms with Gasteiger partial charge in [0.1, 0.15) is 0 Å². The van der Waals surface area contributed by atoms with Crippen LogP contribution in [0.4, 0.5) is 5.69 Å². The lowest BCUT2D eigenvalue weighted by molar-refractivity contribution is 0.549. The van der Waals surface area contributed by atoms with E-state index in [1.807, 2.05) is 0 Å². The van der Waals surface area contributed by atoms with Crippen molar-refractivity contribution in [3.05, 3.63) is 29.8 Å². The minimum Gasteiger partial charge on any atom is -0.371 e. The molecule has 0 saturated heterocycles. The predicted octanol–water partition coefficient (Wildman–Crippen LogP) is 4.26. The van der Waals surface area contributed by atoms with Crippen LogP contribution in [-0.4, -0.2) is 13.1 Å². The molecule has 0 amide bonds. The van der Waals surface area contributed by atoms with Gasteiger partial charge >= 0.3 is 0 Å². The zero-order chi connectivity index (χ0) is 13.7. The Morgan fingerprint density at radius 2 is 1.79 bits per heavy atom. The zero-order valence-corrected chi connectivity index (χ0v) is 12.4. The van der Waals surface area contributed by atoms with Crippen LogP contribution in [0.1, 0.15) is 63.5 Å². The minimum absolute atomic E-state index is 0.157. The molecule has 2 N–H and O–H groups in total. The van der Waals surface area contributed by atoms with Crippen molar-refractivity contribution in [1.29, 1.82) is 0 Å². The van der Waals surface area contributed by atoms with Gasteiger partial charge in [0, 0.05) is 24.8 Å². The van der Waals surface area contributed by atoms with Crippen molar-refractivity contribution in [2.75, 3.05) is 11.9 Å². The Morgan fingerprint density at radius 3 is 2.42 bits per heavy atom. The van der Waals surface area contributed by atoms with Gasteiger partial charge in [-0.1, -0.05) is 50.8 Å². The molecule has 0 aliphatic heterocycles. The van der Waals surface area contributed by atoms with Crippen LogP contribution < -0.4 is 10.6 Å².